The van der Waals surface area contributed by atoms with E-state index in [2.05, 4.69) is 11.9 Å². The second-order valence-electron chi connectivity index (χ2n) is 5.24. The zero-order chi connectivity index (χ0) is 17.5. The first-order chi connectivity index (χ1) is 11.6. The summed E-state index contributed by atoms with van der Waals surface area (Å²) in [6, 6.07) is 5.36. The molecule has 1 N–H and O–H groups in total. The first-order valence-corrected chi connectivity index (χ1v) is 7.60. The van der Waals surface area contributed by atoms with Crippen molar-refractivity contribution in [2.45, 2.75) is 12.6 Å². The fourth-order valence-electron chi connectivity index (χ4n) is 2.45. The molecule has 1 atom stereocenters. The van der Waals surface area contributed by atoms with Gasteiger partial charge >= 0.3 is 0 Å². The van der Waals surface area contributed by atoms with Crippen LogP contribution in [0.4, 0.5) is 0 Å². The van der Waals surface area contributed by atoms with Crippen molar-refractivity contribution < 1.29 is 23.8 Å². The van der Waals surface area contributed by atoms with Crippen LogP contribution < -0.4 is 14.8 Å². The maximum absolute atomic E-state index is 12.3. The number of nitrogens with one attached hydrogen (secondary N) is 1. The van der Waals surface area contributed by atoms with E-state index >= 15 is 0 Å². The minimum Gasteiger partial charge on any atom is -0.497 e. The first kappa shape index (κ1) is 17.8. The molecular formula is C17H22N2O5. The van der Waals surface area contributed by atoms with Crippen LogP contribution in [-0.2, 0) is 20.9 Å². The van der Waals surface area contributed by atoms with Gasteiger partial charge in [-0.25, -0.2) is 0 Å². The van der Waals surface area contributed by atoms with Crippen molar-refractivity contribution >= 4 is 11.8 Å². The molecule has 0 saturated carbocycles. The lowest BCUT2D eigenvalue weighted by molar-refractivity contribution is -0.144. The average molecular weight is 334 g/mol. The number of hydrogen-bond acceptors (Lipinski definition) is 5. The van der Waals surface area contributed by atoms with Crippen molar-refractivity contribution in [2.24, 2.45) is 0 Å². The van der Waals surface area contributed by atoms with E-state index in [9.17, 15) is 9.59 Å². The molecule has 1 aromatic rings. The van der Waals surface area contributed by atoms with Crippen LogP contribution in [0.5, 0.6) is 11.5 Å². The predicted molar refractivity (Wildman–Crippen MR) is 87.9 cm³/mol. The highest BCUT2D eigenvalue weighted by atomic mass is 16.5. The third-order valence-corrected chi connectivity index (χ3v) is 3.79. The lowest BCUT2D eigenvalue weighted by Gasteiger charge is -2.31. The van der Waals surface area contributed by atoms with Crippen LogP contribution in [-0.4, -0.2) is 56.7 Å². The van der Waals surface area contributed by atoms with Gasteiger partial charge in [0.25, 0.3) is 5.91 Å². The number of nitrogens with zero attached hydrogens (tertiary/aromatic N) is 1. The molecule has 130 valence electrons. The Hall–Kier alpha value is -2.54. The maximum Gasteiger partial charge on any atom is 0.251 e. The van der Waals surface area contributed by atoms with Gasteiger partial charge in [0.2, 0.25) is 5.91 Å². The molecule has 1 aliphatic heterocycles. The molecule has 7 nitrogen and oxygen atoms in total. The fraction of sp³-hybridized carbons (Fsp3) is 0.412. The normalized spacial score (nSPS) is 17.1. The van der Waals surface area contributed by atoms with Gasteiger partial charge in [-0.3, -0.25) is 9.59 Å². The van der Waals surface area contributed by atoms with Gasteiger partial charge in [-0.05, 0) is 24.3 Å². The predicted octanol–water partition coefficient (Wildman–Crippen LogP) is 0.733. The summed E-state index contributed by atoms with van der Waals surface area (Å²) in [6.45, 7) is 4.72. The molecule has 0 radical (unpaired) electrons. The highest BCUT2D eigenvalue weighted by Crippen LogP contribution is 2.23. The van der Waals surface area contributed by atoms with Crippen molar-refractivity contribution in [2.75, 3.05) is 33.9 Å². The van der Waals surface area contributed by atoms with Crippen molar-refractivity contribution in [3.05, 3.63) is 36.4 Å². The van der Waals surface area contributed by atoms with Gasteiger partial charge in [-0.1, -0.05) is 6.58 Å². The Labute approximate surface area is 141 Å². The van der Waals surface area contributed by atoms with E-state index < -0.39 is 6.10 Å². The molecule has 1 fully saturated rings. The largest absolute Gasteiger partial charge is 0.497 e. The lowest BCUT2D eigenvalue weighted by Crippen LogP contribution is -2.51. The van der Waals surface area contributed by atoms with Crippen molar-refractivity contribution in [3.8, 4) is 11.5 Å². The Morgan fingerprint density at radius 1 is 1.42 bits per heavy atom. The molecule has 1 aromatic carbocycles. The number of amides is 2. The summed E-state index contributed by atoms with van der Waals surface area (Å²) in [5, 5.41) is 2.81. The summed E-state index contributed by atoms with van der Waals surface area (Å²) in [7, 11) is 3.14. The number of hydrogen-bond donors (Lipinski definition) is 1. The number of carbonyl (C=O) groups excluding carboxylic acids is 2. The van der Waals surface area contributed by atoms with Crippen LogP contribution >= 0.6 is 0 Å². The van der Waals surface area contributed by atoms with Gasteiger partial charge in [0, 0.05) is 18.7 Å². The molecule has 1 saturated heterocycles. The molecule has 0 spiro atoms. The van der Waals surface area contributed by atoms with Gasteiger partial charge in [0.15, 0.2) is 6.10 Å². The molecule has 0 bridgehead atoms. The zero-order valence-electron chi connectivity index (χ0n) is 13.9. The summed E-state index contributed by atoms with van der Waals surface area (Å²) in [5.74, 6) is 0.854. The number of morpholine rings is 1. The minimum absolute atomic E-state index is 0.203. The molecule has 2 amide bonds. The van der Waals surface area contributed by atoms with Crippen LogP contribution in [0.2, 0.25) is 0 Å². The molecular weight excluding hydrogens is 312 g/mol. The standard InChI is InChI=1S/C17H22N2O5/c1-4-16(20)19-7-8-24-15(11-19)17(21)18-10-12-9-13(22-2)5-6-14(12)23-3/h4-6,9,15H,1,7-8,10-11H2,2-3H3,(H,18,21)/t15-/m0/s1. The Kier molecular flexibility index (Phi) is 6.20. The van der Waals surface area contributed by atoms with Crippen LogP contribution in [0.1, 0.15) is 5.56 Å². The second-order valence-corrected chi connectivity index (χ2v) is 5.24. The Morgan fingerprint density at radius 2 is 2.21 bits per heavy atom. The van der Waals surface area contributed by atoms with Crippen LogP contribution in [0.3, 0.4) is 0 Å². The Balaban J connectivity index is 1.97. The number of benzene rings is 1. The van der Waals surface area contributed by atoms with E-state index in [0.29, 0.717) is 24.7 Å². The number of rotatable bonds is 6. The van der Waals surface area contributed by atoms with E-state index in [1.807, 2.05) is 0 Å². The summed E-state index contributed by atoms with van der Waals surface area (Å²) in [4.78, 5) is 25.5. The topological polar surface area (TPSA) is 77.1 Å². The average Bonchev–Trinajstić information content (AvgIpc) is 2.65. The third-order valence-electron chi connectivity index (χ3n) is 3.79. The van der Waals surface area contributed by atoms with E-state index in [0.717, 1.165) is 5.56 Å². The highest BCUT2D eigenvalue weighted by molar-refractivity contribution is 5.88. The summed E-state index contributed by atoms with van der Waals surface area (Å²) in [6.07, 6.45) is 0.542. The quantitative estimate of drug-likeness (QED) is 0.776. The van der Waals surface area contributed by atoms with Crippen molar-refractivity contribution in [1.29, 1.82) is 0 Å². The summed E-state index contributed by atoms with van der Waals surface area (Å²) in [5.41, 5.74) is 0.792. The number of methoxy groups -OCH3 is 2. The van der Waals surface area contributed by atoms with Gasteiger partial charge in [0.05, 0.1) is 27.4 Å². The monoisotopic (exact) mass is 334 g/mol. The second kappa shape index (κ2) is 8.35. The fourth-order valence-corrected chi connectivity index (χ4v) is 2.45. The molecule has 0 unspecified atom stereocenters. The molecule has 0 aromatic heterocycles. The molecule has 1 aliphatic rings. The first-order valence-electron chi connectivity index (χ1n) is 7.60. The smallest absolute Gasteiger partial charge is 0.251 e. The van der Waals surface area contributed by atoms with Gasteiger partial charge in [-0.15, -0.1) is 0 Å². The molecule has 7 heteroatoms. The lowest BCUT2D eigenvalue weighted by atomic mass is 10.1. The SMILES string of the molecule is C=CC(=O)N1CCO[C@H](C(=O)NCc2cc(OC)ccc2OC)C1. The van der Waals surface area contributed by atoms with Crippen molar-refractivity contribution in [3.63, 3.8) is 0 Å². The van der Waals surface area contributed by atoms with Gasteiger partial charge in [-0.2, -0.15) is 0 Å². The number of ether oxygens (including phenoxy) is 3. The van der Waals surface area contributed by atoms with Crippen molar-refractivity contribution in [1.82, 2.24) is 10.2 Å². The van der Waals surface area contributed by atoms with Crippen LogP contribution in [0, 0.1) is 0 Å². The van der Waals surface area contributed by atoms with E-state index in [1.54, 1.807) is 37.3 Å². The molecule has 24 heavy (non-hydrogen) atoms. The highest BCUT2D eigenvalue weighted by Gasteiger charge is 2.28. The summed E-state index contributed by atoms with van der Waals surface area (Å²) < 4.78 is 15.9. The Morgan fingerprint density at radius 3 is 2.88 bits per heavy atom. The number of carbonyl (C=O) groups is 2. The third kappa shape index (κ3) is 4.26. The molecule has 1 heterocycles. The Bertz CT molecular complexity index is 617. The molecule has 2 rings (SSSR count). The van der Waals surface area contributed by atoms with E-state index in [-0.39, 0.29) is 24.9 Å². The summed E-state index contributed by atoms with van der Waals surface area (Å²) >= 11 is 0. The van der Waals surface area contributed by atoms with Crippen LogP contribution in [0.25, 0.3) is 0 Å². The van der Waals surface area contributed by atoms with E-state index in [1.165, 1.54) is 6.08 Å². The van der Waals surface area contributed by atoms with E-state index in [4.69, 9.17) is 14.2 Å². The molecule has 0 aliphatic carbocycles. The minimum atomic E-state index is -0.695. The maximum atomic E-state index is 12.3. The van der Waals surface area contributed by atoms with Gasteiger partial charge in [0.1, 0.15) is 11.5 Å². The van der Waals surface area contributed by atoms with Crippen LogP contribution in [0.15, 0.2) is 30.9 Å². The zero-order valence-corrected chi connectivity index (χ0v) is 13.9. The van der Waals surface area contributed by atoms with Gasteiger partial charge < -0.3 is 24.4 Å².